The lowest BCUT2D eigenvalue weighted by atomic mass is 10.1. The third kappa shape index (κ3) is 3.46. The Balaban J connectivity index is 1.63. The van der Waals surface area contributed by atoms with E-state index in [9.17, 15) is 0 Å². The lowest BCUT2D eigenvalue weighted by molar-refractivity contribution is 0.00404. The van der Waals surface area contributed by atoms with E-state index in [-0.39, 0.29) is 6.04 Å². The molecule has 1 aliphatic rings. The molecular weight excluding hydrogens is 264 g/mol. The van der Waals surface area contributed by atoms with Crippen molar-refractivity contribution >= 4 is 11.0 Å². The van der Waals surface area contributed by atoms with E-state index in [0.717, 1.165) is 49.4 Å². The summed E-state index contributed by atoms with van der Waals surface area (Å²) >= 11 is 0. The summed E-state index contributed by atoms with van der Waals surface area (Å²) in [5.74, 6) is 0.870. The molecule has 1 aromatic carbocycles. The van der Waals surface area contributed by atoms with Crippen LogP contribution in [-0.2, 0) is 4.74 Å². The topological polar surface area (TPSA) is 51.6 Å². The number of furan rings is 1. The van der Waals surface area contributed by atoms with E-state index in [0.29, 0.717) is 6.10 Å². The van der Waals surface area contributed by atoms with Crippen LogP contribution >= 0.6 is 0 Å². The number of hydrogen-bond donors (Lipinski definition) is 1. The number of fused-ring (bicyclic) bond motifs is 1. The molecule has 0 bridgehead atoms. The van der Waals surface area contributed by atoms with Crippen LogP contribution in [0.3, 0.4) is 0 Å². The fourth-order valence-electron chi connectivity index (χ4n) is 3.10. The van der Waals surface area contributed by atoms with Gasteiger partial charge in [-0.15, -0.1) is 0 Å². The van der Waals surface area contributed by atoms with Gasteiger partial charge in [-0.1, -0.05) is 18.2 Å². The minimum absolute atomic E-state index is 0.0854. The van der Waals surface area contributed by atoms with E-state index in [1.165, 1.54) is 6.42 Å². The Bertz CT molecular complexity index is 546. The van der Waals surface area contributed by atoms with Gasteiger partial charge in [0.1, 0.15) is 11.3 Å². The van der Waals surface area contributed by atoms with Gasteiger partial charge in [0.25, 0.3) is 0 Å². The van der Waals surface area contributed by atoms with Crippen molar-refractivity contribution < 1.29 is 9.15 Å². The highest BCUT2D eigenvalue weighted by molar-refractivity contribution is 5.77. The summed E-state index contributed by atoms with van der Waals surface area (Å²) in [5, 5.41) is 1.12. The van der Waals surface area contributed by atoms with Crippen molar-refractivity contribution in [3.8, 4) is 0 Å². The number of nitrogens with zero attached hydrogens (tertiary/aromatic N) is 1. The average Bonchev–Trinajstić information content (AvgIpc) is 2.92. The molecule has 2 heterocycles. The first-order valence-corrected chi connectivity index (χ1v) is 7.84. The number of rotatable bonds is 5. The van der Waals surface area contributed by atoms with Crippen LogP contribution in [0.4, 0.5) is 0 Å². The summed E-state index contributed by atoms with van der Waals surface area (Å²) < 4.78 is 11.6. The zero-order valence-corrected chi connectivity index (χ0v) is 12.6. The van der Waals surface area contributed by atoms with Crippen molar-refractivity contribution in [2.24, 2.45) is 5.73 Å². The highest BCUT2D eigenvalue weighted by Gasteiger charge is 2.23. The molecule has 2 unspecified atom stereocenters. The van der Waals surface area contributed by atoms with E-state index in [1.807, 2.05) is 18.2 Å². The maximum absolute atomic E-state index is 6.33. The van der Waals surface area contributed by atoms with Gasteiger partial charge in [-0.05, 0) is 38.4 Å². The number of benzene rings is 1. The van der Waals surface area contributed by atoms with Crippen LogP contribution in [-0.4, -0.2) is 37.2 Å². The molecule has 1 aliphatic heterocycles. The van der Waals surface area contributed by atoms with Gasteiger partial charge in [-0.3, -0.25) is 4.90 Å². The maximum Gasteiger partial charge on any atom is 0.134 e. The predicted octanol–water partition coefficient (Wildman–Crippen LogP) is 2.93. The molecule has 114 valence electrons. The molecule has 0 spiro atoms. The van der Waals surface area contributed by atoms with Crippen LogP contribution < -0.4 is 5.73 Å². The van der Waals surface area contributed by atoms with Crippen molar-refractivity contribution in [3.63, 3.8) is 0 Å². The fraction of sp³-hybridized carbons (Fsp3) is 0.529. The fourth-order valence-corrected chi connectivity index (χ4v) is 3.10. The molecule has 1 aromatic heterocycles. The van der Waals surface area contributed by atoms with Crippen molar-refractivity contribution in [1.82, 2.24) is 4.90 Å². The summed E-state index contributed by atoms with van der Waals surface area (Å²) in [4.78, 5) is 2.39. The summed E-state index contributed by atoms with van der Waals surface area (Å²) in [6.45, 7) is 5.73. The van der Waals surface area contributed by atoms with Gasteiger partial charge >= 0.3 is 0 Å². The number of ether oxygens (including phenoxy) is 1. The molecule has 1 saturated heterocycles. The Hall–Kier alpha value is -1.36. The SMILES string of the molecule is CCOC1CCCN(CC(N)c2cc3ccccc3o2)C1. The quantitative estimate of drug-likeness (QED) is 0.919. The molecule has 21 heavy (non-hydrogen) atoms. The summed E-state index contributed by atoms with van der Waals surface area (Å²) in [5.41, 5.74) is 7.24. The van der Waals surface area contributed by atoms with Gasteiger partial charge in [0.15, 0.2) is 0 Å². The number of hydrogen-bond acceptors (Lipinski definition) is 4. The standard InChI is InChI=1S/C17H24N2O2/c1-2-20-14-7-5-9-19(11-14)12-15(18)17-10-13-6-3-4-8-16(13)21-17/h3-4,6,8,10,14-15H,2,5,7,9,11-12,18H2,1H3. The van der Waals surface area contributed by atoms with Crippen molar-refractivity contribution in [2.75, 3.05) is 26.2 Å². The van der Waals surface area contributed by atoms with Gasteiger partial charge in [0, 0.05) is 25.1 Å². The van der Waals surface area contributed by atoms with Crippen LogP contribution in [0.2, 0.25) is 0 Å². The monoisotopic (exact) mass is 288 g/mol. The Kier molecular flexibility index (Phi) is 4.58. The third-order valence-corrected chi connectivity index (χ3v) is 4.13. The second-order valence-corrected chi connectivity index (χ2v) is 5.77. The highest BCUT2D eigenvalue weighted by Crippen LogP contribution is 2.24. The smallest absolute Gasteiger partial charge is 0.134 e. The Morgan fingerprint density at radius 2 is 2.29 bits per heavy atom. The van der Waals surface area contributed by atoms with Crippen LogP contribution in [0.25, 0.3) is 11.0 Å². The van der Waals surface area contributed by atoms with Gasteiger partial charge in [-0.2, -0.15) is 0 Å². The summed E-state index contributed by atoms with van der Waals surface area (Å²) in [6.07, 6.45) is 2.69. The second-order valence-electron chi connectivity index (χ2n) is 5.77. The number of likely N-dealkylation sites (tertiary alicyclic amines) is 1. The lowest BCUT2D eigenvalue weighted by Crippen LogP contribution is -2.42. The van der Waals surface area contributed by atoms with Crippen molar-refractivity contribution in [3.05, 3.63) is 36.1 Å². The Morgan fingerprint density at radius 3 is 3.10 bits per heavy atom. The summed E-state index contributed by atoms with van der Waals surface area (Å²) in [7, 11) is 0. The minimum atomic E-state index is -0.0854. The largest absolute Gasteiger partial charge is 0.459 e. The zero-order valence-electron chi connectivity index (χ0n) is 12.6. The van der Waals surface area contributed by atoms with Crippen LogP contribution in [0, 0.1) is 0 Å². The third-order valence-electron chi connectivity index (χ3n) is 4.13. The zero-order chi connectivity index (χ0) is 14.7. The number of piperidine rings is 1. The average molecular weight is 288 g/mol. The molecule has 2 N–H and O–H groups in total. The minimum Gasteiger partial charge on any atom is -0.459 e. The molecular formula is C17H24N2O2. The number of para-hydroxylation sites is 1. The molecule has 0 saturated carbocycles. The Morgan fingerprint density at radius 1 is 1.43 bits per heavy atom. The van der Waals surface area contributed by atoms with E-state index >= 15 is 0 Å². The van der Waals surface area contributed by atoms with E-state index in [2.05, 4.69) is 24.0 Å². The first kappa shape index (κ1) is 14.6. The number of nitrogens with two attached hydrogens (primary N) is 1. The van der Waals surface area contributed by atoms with Gasteiger partial charge in [0.05, 0.1) is 12.1 Å². The van der Waals surface area contributed by atoms with Crippen LogP contribution in [0.5, 0.6) is 0 Å². The van der Waals surface area contributed by atoms with Crippen LogP contribution in [0.1, 0.15) is 31.6 Å². The second kappa shape index (κ2) is 6.60. The van der Waals surface area contributed by atoms with Crippen molar-refractivity contribution in [1.29, 1.82) is 0 Å². The molecule has 0 aliphatic carbocycles. The van der Waals surface area contributed by atoms with Gasteiger partial charge < -0.3 is 14.9 Å². The van der Waals surface area contributed by atoms with Gasteiger partial charge in [-0.25, -0.2) is 0 Å². The van der Waals surface area contributed by atoms with E-state index in [4.69, 9.17) is 14.9 Å². The normalized spacial score (nSPS) is 21.7. The van der Waals surface area contributed by atoms with E-state index in [1.54, 1.807) is 0 Å². The molecule has 4 heteroatoms. The van der Waals surface area contributed by atoms with E-state index < -0.39 is 0 Å². The maximum atomic E-state index is 6.33. The molecule has 3 rings (SSSR count). The van der Waals surface area contributed by atoms with Crippen LogP contribution in [0.15, 0.2) is 34.7 Å². The first-order valence-electron chi connectivity index (χ1n) is 7.84. The molecule has 0 radical (unpaired) electrons. The first-order chi connectivity index (χ1) is 10.3. The molecule has 4 nitrogen and oxygen atoms in total. The Labute approximate surface area is 125 Å². The highest BCUT2D eigenvalue weighted by atomic mass is 16.5. The van der Waals surface area contributed by atoms with Gasteiger partial charge in [0.2, 0.25) is 0 Å². The predicted molar refractivity (Wildman–Crippen MR) is 84.2 cm³/mol. The summed E-state index contributed by atoms with van der Waals surface area (Å²) in [6, 6.07) is 10.0. The molecule has 2 atom stereocenters. The lowest BCUT2D eigenvalue weighted by Gasteiger charge is -2.33. The van der Waals surface area contributed by atoms with Crippen molar-refractivity contribution in [2.45, 2.75) is 31.9 Å². The molecule has 0 amide bonds. The molecule has 1 fully saturated rings. The molecule has 2 aromatic rings.